The van der Waals surface area contributed by atoms with E-state index in [1.165, 1.54) is 17.7 Å². The third-order valence-corrected chi connectivity index (χ3v) is 4.41. The SMILES string of the molecule is O=C1C[C@H](C(=O)NCCCCc2ccccc2)c2ccc(F)cc2N1. The Labute approximate surface area is 146 Å². The summed E-state index contributed by atoms with van der Waals surface area (Å²) in [7, 11) is 0. The first-order valence-corrected chi connectivity index (χ1v) is 8.54. The van der Waals surface area contributed by atoms with E-state index < -0.39 is 11.7 Å². The molecule has 0 spiro atoms. The zero-order chi connectivity index (χ0) is 17.6. The van der Waals surface area contributed by atoms with Crippen LogP contribution in [0.4, 0.5) is 10.1 Å². The highest BCUT2D eigenvalue weighted by atomic mass is 19.1. The lowest BCUT2D eigenvalue weighted by Crippen LogP contribution is -2.35. The predicted octanol–water partition coefficient (Wildman–Crippen LogP) is 3.39. The molecule has 5 heteroatoms. The number of rotatable bonds is 6. The zero-order valence-corrected chi connectivity index (χ0v) is 13.9. The second-order valence-corrected chi connectivity index (χ2v) is 6.27. The van der Waals surface area contributed by atoms with Gasteiger partial charge in [-0.25, -0.2) is 4.39 Å². The Bertz CT molecular complexity index is 762. The molecule has 0 saturated carbocycles. The standard InChI is InChI=1S/C20H21FN2O2/c21-15-9-10-16-17(13-19(24)23-18(16)12-15)20(25)22-11-5-4-8-14-6-2-1-3-7-14/h1-3,6-7,9-10,12,17H,4-5,8,11,13H2,(H,22,25)(H,23,24)/t17-/m0/s1. The molecule has 25 heavy (non-hydrogen) atoms. The second kappa shape index (κ2) is 7.92. The fourth-order valence-electron chi connectivity index (χ4n) is 3.10. The van der Waals surface area contributed by atoms with Crippen molar-refractivity contribution in [3.63, 3.8) is 0 Å². The van der Waals surface area contributed by atoms with Gasteiger partial charge in [0.05, 0.1) is 5.92 Å². The third-order valence-electron chi connectivity index (χ3n) is 4.41. The summed E-state index contributed by atoms with van der Waals surface area (Å²) in [5.74, 6) is -1.43. The average Bonchev–Trinajstić information content (AvgIpc) is 2.61. The van der Waals surface area contributed by atoms with Crippen LogP contribution in [0.5, 0.6) is 0 Å². The van der Waals surface area contributed by atoms with Gasteiger partial charge in [0.1, 0.15) is 5.82 Å². The first kappa shape index (κ1) is 17.1. The van der Waals surface area contributed by atoms with Gasteiger partial charge in [-0.15, -0.1) is 0 Å². The van der Waals surface area contributed by atoms with Crippen molar-refractivity contribution in [3.8, 4) is 0 Å². The topological polar surface area (TPSA) is 58.2 Å². The normalized spacial score (nSPS) is 16.0. The van der Waals surface area contributed by atoms with Crippen LogP contribution in [0.3, 0.4) is 0 Å². The van der Waals surface area contributed by atoms with Crippen molar-refractivity contribution < 1.29 is 14.0 Å². The smallest absolute Gasteiger partial charge is 0.228 e. The molecule has 130 valence electrons. The Morgan fingerprint density at radius 1 is 1.16 bits per heavy atom. The summed E-state index contributed by atoms with van der Waals surface area (Å²) in [6, 6.07) is 14.4. The minimum Gasteiger partial charge on any atom is -0.356 e. The zero-order valence-electron chi connectivity index (χ0n) is 13.9. The Hall–Kier alpha value is -2.69. The molecule has 2 amide bonds. The largest absolute Gasteiger partial charge is 0.356 e. The molecule has 3 rings (SSSR count). The van der Waals surface area contributed by atoms with Crippen molar-refractivity contribution in [2.24, 2.45) is 0 Å². The number of anilines is 1. The lowest BCUT2D eigenvalue weighted by atomic mass is 9.89. The van der Waals surface area contributed by atoms with Crippen molar-refractivity contribution in [2.45, 2.75) is 31.6 Å². The Kier molecular flexibility index (Phi) is 5.43. The predicted molar refractivity (Wildman–Crippen MR) is 94.8 cm³/mol. The van der Waals surface area contributed by atoms with Crippen LogP contribution in [0.1, 0.15) is 36.3 Å². The monoisotopic (exact) mass is 340 g/mol. The van der Waals surface area contributed by atoms with Gasteiger partial charge in [-0.1, -0.05) is 36.4 Å². The Balaban J connectivity index is 1.51. The summed E-state index contributed by atoms with van der Waals surface area (Å²) in [4.78, 5) is 24.2. The molecule has 1 aliphatic heterocycles. The molecule has 0 bridgehead atoms. The summed E-state index contributed by atoms with van der Waals surface area (Å²) in [5.41, 5.74) is 2.34. The number of amides is 2. The molecule has 0 fully saturated rings. The highest BCUT2D eigenvalue weighted by Crippen LogP contribution is 2.32. The van der Waals surface area contributed by atoms with E-state index in [9.17, 15) is 14.0 Å². The van der Waals surface area contributed by atoms with E-state index in [2.05, 4.69) is 22.8 Å². The van der Waals surface area contributed by atoms with Crippen LogP contribution < -0.4 is 10.6 Å². The summed E-state index contributed by atoms with van der Waals surface area (Å²) < 4.78 is 13.3. The number of unbranched alkanes of at least 4 members (excludes halogenated alkanes) is 1. The van der Waals surface area contributed by atoms with E-state index >= 15 is 0 Å². The van der Waals surface area contributed by atoms with Crippen LogP contribution in [0.15, 0.2) is 48.5 Å². The van der Waals surface area contributed by atoms with Gasteiger partial charge >= 0.3 is 0 Å². The maximum atomic E-state index is 13.3. The fourth-order valence-corrected chi connectivity index (χ4v) is 3.10. The number of nitrogens with one attached hydrogen (secondary N) is 2. The minimum absolute atomic E-state index is 0.0917. The molecule has 2 N–H and O–H groups in total. The Morgan fingerprint density at radius 2 is 1.96 bits per heavy atom. The van der Waals surface area contributed by atoms with Crippen molar-refractivity contribution in [3.05, 3.63) is 65.5 Å². The maximum absolute atomic E-state index is 13.3. The molecule has 0 aliphatic carbocycles. The summed E-state index contributed by atoms with van der Waals surface area (Å²) >= 11 is 0. The maximum Gasteiger partial charge on any atom is 0.228 e. The van der Waals surface area contributed by atoms with E-state index in [1.807, 2.05) is 18.2 Å². The van der Waals surface area contributed by atoms with E-state index in [0.717, 1.165) is 19.3 Å². The molecular formula is C20H21FN2O2. The lowest BCUT2D eigenvalue weighted by Gasteiger charge is -2.24. The lowest BCUT2D eigenvalue weighted by molar-refractivity contribution is -0.126. The first-order valence-electron chi connectivity index (χ1n) is 8.54. The van der Waals surface area contributed by atoms with E-state index in [0.29, 0.717) is 17.8 Å². The number of fused-ring (bicyclic) bond motifs is 1. The van der Waals surface area contributed by atoms with Gasteiger partial charge in [-0.3, -0.25) is 9.59 Å². The number of benzene rings is 2. The minimum atomic E-state index is -0.557. The number of aryl methyl sites for hydroxylation is 1. The fraction of sp³-hybridized carbons (Fsp3) is 0.300. The van der Waals surface area contributed by atoms with Crippen LogP contribution >= 0.6 is 0 Å². The number of carbonyl (C=O) groups is 2. The highest BCUT2D eigenvalue weighted by molar-refractivity contribution is 6.01. The first-order chi connectivity index (χ1) is 12.1. The number of hydrogen-bond donors (Lipinski definition) is 2. The van der Waals surface area contributed by atoms with Crippen LogP contribution in [-0.4, -0.2) is 18.4 Å². The van der Waals surface area contributed by atoms with Crippen LogP contribution in [-0.2, 0) is 16.0 Å². The van der Waals surface area contributed by atoms with Gasteiger partial charge in [-0.05, 0) is 42.5 Å². The quantitative estimate of drug-likeness (QED) is 0.792. The second-order valence-electron chi connectivity index (χ2n) is 6.27. The molecule has 4 nitrogen and oxygen atoms in total. The van der Waals surface area contributed by atoms with Crippen LogP contribution in [0, 0.1) is 5.82 Å². The number of carbonyl (C=O) groups excluding carboxylic acids is 2. The van der Waals surface area contributed by atoms with Gasteiger partial charge < -0.3 is 10.6 Å². The van der Waals surface area contributed by atoms with Crippen LogP contribution in [0.25, 0.3) is 0 Å². The number of halogens is 1. The molecule has 1 aliphatic rings. The molecule has 1 heterocycles. The summed E-state index contributed by atoms with van der Waals surface area (Å²) in [6.45, 7) is 0.570. The molecular weight excluding hydrogens is 319 g/mol. The average molecular weight is 340 g/mol. The third kappa shape index (κ3) is 4.44. The molecule has 0 radical (unpaired) electrons. The molecule has 0 saturated heterocycles. The van der Waals surface area contributed by atoms with E-state index in [4.69, 9.17) is 0 Å². The van der Waals surface area contributed by atoms with Gasteiger partial charge in [0.15, 0.2) is 0 Å². The van der Waals surface area contributed by atoms with Crippen molar-refractivity contribution in [1.29, 1.82) is 0 Å². The van der Waals surface area contributed by atoms with E-state index in [-0.39, 0.29) is 18.2 Å². The van der Waals surface area contributed by atoms with Crippen molar-refractivity contribution in [2.75, 3.05) is 11.9 Å². The Morgan fingerprint density at radius 3 is 2.76 bits per heavy atom. The van der Waals surface area contributed by atoms with Gasteiger partial charge in [0.25, 0.3) is 0 Å². The summed E-state index contributed by atoms with van der Waals surface area (Å²) in [5, 5.41) is 5.52. The molecule has 2 aromatic carbocycles. The van der Waals surface area contributed by atoms with E-state index in [1.54, 1.807) is 6.07 Å². The molecule has 0 aromatic heterocycles. The molecule has 2 aromatic rings. The van der Waals surface area contributed by atoms with Crippen molar-refractivity contribution >= 4 is 17.5 Å². The van der Waals surface area contributed by atoms with Crippen LogP contribution in [0.2, 0.25) is 0 Å². The van der Waals surface area contributed by atoms with Gasteiger partial charge in [0, 0.05) is 18.7 Å². The summed E-state index contributed by atoms with van der Waals surface area (Å²) in [6.07, 6.45) is 2.92. The molecule has 0 unspecified atom stereocenters. The van der Waals surface area contributed by atoms with Gasteiger partial charge in [-0.2, -0.15) is 0 Å². The van der Waals surface area contributed by atoms with Gasteiger partial charge in [0.2, 0.25) is 11.8 Å². The molecule has 1 atom stereocenters. The highest BCUT2D eigenvalue weighted by Gasteiger charge is 2.30. The van der Waals surface area contributed by atoms with Crippen molar-refractivity contribution in [1.82, 2.24) is 5.32 Å². The number of hydrogen-bond acceptors (Lipinski definition) is 2.